The molecule has 6 heteroatoms. The molecule has 1 fully saturated rings. The number of amides is 1. The number of carbonyl (C=O) groups excluding carboxylic acids is 1. The SMILES string of the molecule is CC1CCCCC1OCC(O)CNCCOC(N)=O. The minimum Gasteiger partial charge on any atom is -0.448 e. The van der Waals surface area contributed by atoms with Crippen LogP contribution in [0.25, 0.3) is 0 Å². The Hall–Kier alpha value is -0.850. The topological polar surface area (TPSA) is 93.8 Å². The standard InChI is InChI=1S/C13H26N2O4/c1-10-4-2-3-5-12(10)19-9-11(16)8-15-6-7-18-13(14)17/h10-12,15-16H,2-9H2,1H3,(H2,14,17). The molecule has 1 rings (SSSR count). The van der Waals surface area contributed by atoms with Gasteiger partial charge in [-0.2, -0.15) is 0 Å². The minimum absolute atomic E-state index is 0.211. The molecule has 1 aliphatic rings. The normalized spacial score (nSPS) is 24.9. The van der Waals surface area contributed by atoms with Crippen molar-refractivity contribution in [3.63, 3.8) is 0 Å². The lowest BCUT2D eigenvalue weighted by Crippen LogP contribution is -2.35. The van der Waals surface area contributed by atoms with Gasteiger partial charge in [0, 0.05) is 13.1 Å². The number of hydrogen-bond acceptors (Lipinski definition) is 5. The minimum atomic E-state index is -0.781. The van der Waals surface area contributed by atoms with Crippen molar-refractivity contribution in [1.82, 2.24) is 5.32 Å². The molecule has 4 N–H and O–H groups in total. The van der Waals surface area contributed by atoms with E-state index in [0.29, 0.717) is 25.6 Å². The fourth-order valence-corrected chi connectivity index (χ4v) is 2.32. The van der Waals surface area contributed by atoms with Gasteiger partial charge in [0.25, 0.3) is 0 Å². The van der Waals surface area contributed by atoms with Gasteiger partial charge in [0.15, 0.2) is 0 Å². The Labute approximate surface area is 114 Å². The molecule has 0 saturated heterocycles. The number of aliphatic hydroxyl groups excluding tert-OH is 1. The predicted molar refractivity (Wildman–Crippen MR) is 71.8 cm³/mol. The summed E-state index contributed by atoms with van der Waals surface area (Å²) in [6.45, 7) is 3.65. The van der Waals surface area contributed by atoms with Gasteiger partial charge in [-0.05, 0) is 18.8 Å². The maximum atomic E-state index is 10.3. The molecule has 0 aromatic rings. The number of rotatable bonds is 8. The second-order valence-electron chi connectivity index (χ2n) is 5.16. The Morgan fingerprint density at radius 1 is 1.47 bits per heavy atom. The third kappa shape index (κ3) is 7.34. The van der Waals surface area contributed by atoms with Crippen molar-refractivity contribution in [2.45, 2.75) is 44.8 Å². The highest BCUT2D eigenvalue weighted by atomic mass is 16.5. The van der Waals surface area contributed by atoms with Crippen LogP contribution in [-0.2, 0) is 9.47 Å². The highest BCUT2D eigenvalue weighted by Gasteiger charge is 2.22. The highest BCUT2D eigenvalue weighted by molar-refractivity contribution is 5.64. The average Bonchev–Trinajstić information content (AvgIpc) is 2.37. The predicted octanol–water partition coefficient (Wildman–Crippen LogP) is 0.628. The van der Waals surface area contributed by atoms with E-state index in [1.54, 1.807) is 0 Å². The van der Waals surface area contributed by atoms with Gasteiger partial charge >= 0.3 is 6.09 Å². The fraction of sp³-hybridized carbons (Fsp3) is 0.923. The van der Waals surface area contributed by atoms with Crippen molar-refractivity contribution < 1.29 is 19.4 Å². The summed E-state index contributed by atoms with van der Waals surface area (Å²) in [5, 5.41) is 12.7. The molecule has 3 atom stereocenters. The van der Waals surface area contributed by atoms with E-state index in [0.717, 1.165) is 6.42 Å². The largest absolute Gasteiger partial charge is 0.448 e. The van der Waals surface area contributed by atoms with Crippen molar-refractivity contribution in [3.05, 3.63) is 0 Å². The molecule has 0 aromatic heterocycles. The molecule has 0 aliphatic heterocycles. The zero-order valence-electron chi connectivity index (χ0n) is 11.6. The molecule has 112 valence electrons. The molecular formula is C13H26N2O4. The molecule has 1 amide bonds. The first-order valence-corrected chi connectivity index (χ1v) is 7.02. The van der Waals surface area contributed by atoms with Gasteiger partial charge in [-0.3, -0.25) is 0 Å². The quantitative estimate of drug-likeness (QED) is 0.564. The second kappa shape index (κ2) is 9.12. The Bertz CT molecular complexity index is 263. The summed E-state index contributed by atoms with van der Waals surface area (Å²) < 4.78 is 10.3. The van der Waals surface area contributed by atoms with Crippen LogP contribution in [0.4, 0.5) is 4.79 Å². The van der Waals surface area contributed by atoms with Crippen LogP contribution >= 0.6 is 0 Å². The van der Waals surface area contributed by atoms with Crippen molar-refractivity contribution in [2.24, 2.45) is 11.7 Å². The molecule has 1 saturated carbocycles. The van der Waals surface area contributed by atoms with Gasteiger partial charge in [0.1, 0.15) is 6.61 Å². The van der Waals surface area contributed by atoms with Crippen molar-refractivity contribution in [3.8, 4) is 0 Å². The van der Waals surface area contributed by atoms with Crippen molar-refractivity contribution >= 4 is 6.09 Å². The zero-order valence-corrected chi connectivity index (χ0v) is 11.6. The Kier molecular flexibility index (Phi) is 7.78. The van der Waals surface area contributed by atoms with Crippen LogP contribution in [0, 0.1) is 5.92 Å². The van der Waals surface area contributed by atoms with E-state index in [4.69, 9.17) is 10.5 Å². The van der Waals surface area contributed by atoms with Gasteiger partial charge in [-0.25, -0.2) is 4.79 Å². The molecule has 1 aliphatic carbocycles. The molecule has 0 heterocycles. The number of aliphatic hydroxyl groups is 1. The smallest absolute Gasteiger partial charge is 0.404 e. The Balaban J connectivity index is 2.01. The lowest BCUT2D eigenvalue weighted by atomic mass is 9.88. The lowest BCUT2D eigenvalue weighted by Gasteiger charge is -2.29. The summed E-state index contributed by atoms with van der Waals surface area (Å²) >= 11 is 0. The molecule has 0 aromatic carbocycles. The van der Waals surface area contributed by atoms with Crippen LogP contribution in [0.15, 0.2) is 0 Å². The van der Waals surface area contributed by atoms with Crippen LogP contribution in [0.3, 0.4) is 0 Å². The second-order valence-corrected chi connectivity index (χ2v) is 5.16. The summed E-state index contributed by atoms with van der Waals surface area (Å²) in [6.07, 6.45) is 3.76. The Morgan fingerprint density at radius 3 is 2.89 bits per heavy atom. The molecule has 0 spiro atoms. The van der Waals surface area contributed by atoms with Crippen LogP contribution in [-0.4, -0.2) is 49.7 Å². The summed E-state index contributed by atoms with van der Waals surface area (Å²) in [6, 6.07) is 0. The van der Waals surface area contributed by atoms with Crippen molar-refractivity contribution in [2.75, 3.05) is 26.3 Å². The van der Waals surface area contributed by atoms with Crippen LogP contribution in [0.5, 0.6) is 0 Å². The van der Waals surface area contributed by atoms with Crippen LogP contribution in [0.1, 0.15) is 32.6 Å². The van der Waals surface area contributed by atoms with Crippen molar-refractivity contribution in [1.29, 1.82) is 0 Å². The first-order valence-electron chi connectivity index (χ1n) is 7.02. The number of carbonyl (C=O) groups is 1. The first-order chi connectivity index (χ1) is 9.09. The van der Waals surface area contributed by atoms with Crippen LogP contribution < -0.4 is 11.1 Å². The van der Waals surface area contributed by atoms with Crippen LogP contribution in [0.2, 0.25) is 0 Å². The summed E-state index contributed by atoms with van der Waals surface area (Å²) in [4.78, 5) is 10.3. The third-order valence-electron chi connectivity index (χ3n) is 3.44. The molecule has 6 nitrogen and oxygen atoms in total. The average molecular weight is 274 g/mol. The van der Waals surface area contributed by atoms with E-state index in [-0.39, 0.29) is 12.7 Å². The molecular weight excluding hydrogens is 248 g/mol. The summed E-state index contributed by atoms with van der Waals surface area (Å²) in [5.41, 5.74) is 4.82. The van der Waals surface area contributed by atoms with Gasteiger partial charge in [-0.1, -0.05) is 19.8 Å². The van der Waals surface area contributed by atoms with E-state index in [1.807, 2.05) is 0 Å². The van der Waals surface area contributed by atoms with Gasteiger partial charge < -0.3 is 25.6 Å². The number of primary amides is 1. The zero-order chi connectivity index (χ0) is 14.1. The summed E-state index contributed by atoms with van der Waals surface area (Å²) in [7, 11) is 0. The lowest BCUT2D eigenvalue weighted by molar-refractivity contribution is -0.0452. The fourth-order valence-electron chi connectivity index (χ4n) is 2.32. The molecule has 3 unspecified atom stereocenters. The van der Waals surface area contributed by atoms with E-state index >= 15 is 0 Å². The van der Waals surface area contributed by atoms with Gasteiger partial charge in [0.2, 0.25) is 0 Å². The molecule has 0 radical (unpaired) electrons. The maximum absolute atomic E-state index is 10.3. The molecule has 0 bridgehead atoms. The van der Waals surface area contributed by atoms with E-state index in [1.165, 1.54) is 19.3 Å². The van der Waals surface area contributed by atoms with E-state index in [9.17, 15) is 9.90 Å². The van der Waals surface area contributed by atoms with Gasteiger partial charge in [-0.15, -0.1) is 0 Å². The maximum Gasteiger partial charge on any atom is 0.404 e. The number of ether oxygens (including phenoxy) is 2. The first kappa shape index (κ1) is 16.2. The monoisotopic (exact) mass is 274 g/mol. The summed E-state index contributed by atoms with van der Waals surface area (Å²) in [5.74, 6) is 0.581. The van der Waals surface area contributed by atoms with E-state index < -0.39 is 12.2 Å². The number of nitrogens with one attached hydrogen (secondary N) is 1. The number of hydrogen-bond donors (Lipinski definition) is 3. The van der Waals surface area contributed by atoms with E-state index in [2.05, 4.69) is 17.0 Å². The van der Waals surface area contributed by atoms with Gasteiger partial charge in [0.05, 0.1) is 18.8 Å². The third-order valence-corrected chi connectivity index (χ3v) is 3.44. The highest BCUT2D eigenvalue weighted by Crippen LogP contribution is 2.26. The number of nitrogens with two attached hydrogens (primary N) is 1. The Morgan fingerprint density at radius 2 is 2.21 bits per heavy atom. The molecule has 19 heavy (non-hydrogen) atoms.